The van der Waals surface area contributed by atoms with E-state index in [0.717, 1.165) is 11.1 Å². The van der Waals surface area contributed by atoms with Crippen molar-refractivity contribution >= 4 is 5.91 Å². The van der Waals surface area contributed by atoms with Crippen LogP contribution in [0.25, 0.3) is 0 Å². The molecule has 2 N–H and O–H groups in total. The van der Waals surface area contributed by atoms with Crippen molar-refractivity contribution in [2.45, 2.75) is 53.9 Å². The van der Waals surface area contributed by atoms with E-state index in [-0.39, 0.29) is 5.41 Å². The summed E-state index contributed by atoms with van der Waals surface area (Å²) >= 11 is 0. The molecule has 3 nitrogen and oxygen atoms in total. The van der Waals surface area contributed by atoms with Gasteiger partial charge in [0.25, 0.3) is 5.91 Å². The molecule has 3 heteroatoms. The maximum absolute atomic E-state index is 11.0. The summed E-state index contributed by atoms with van der Waals surface area (Å²) in [7, 11) is 0. The highest BCUT2D eigenvalue weighted by molar-refractivity contribution is 5.87. The van der Waals surface area contributed by atoms with E-state index >= 15 is 0 Å². The number of rotatable bonds is 5. The third-order valence-electron chi connectivity index (χ3n) is 4.24. The van der Waals surface area contributed by atoms with Gasteiger partial charge in [-0.25, -0.2) is 5.48 Å². The standard InChI is InChI=1S/C20H29NO2/c1-15(8-6-9-16(2)14-19(22)21-23)11-12-18-17(3)10-7-13-20(18,4)5/h6,8-9,11-12,14,23H,7,10,13H2,1-5H3,(H,21,22). The third kappa shape index (κ3) is 6.41. The predicted molar refractivity (Wildman–Crippen MR) is 96.1 cm³/mol. The smallest absolute Gasteiger partial charge is 0.267 e. The van der Waals surface area contributed by atoms with Gasteiger partial charge in [0, 0.05) is 6.08 Å². The van der Waals surface area contributed by atoms with Gasteiger partial charge in [-0.3, -0.25) is 10.0 Å². The summed E-state index contributed by atoms with van der Waals surface area (Å²) in [5.41, 5.74) is 6.72. The molecule has 0 fully saturated rings. The van der Waals surface area contributed by atoms with Crippen LogP contribution in [-0.4, -0.2) is 11.1 Å². The van der Waals surface area contributed by atoms with Gasteiger partial charge in [0.1, 0.15) is 0 Å². The van der Waals surface area contributed by atoms with Crippen LogP contribution < -0.4 is 5.48 Å². The highest BCUT2D eigenvalue weighted by Gasteiger charge is 2.26. The number of hydrogen-bond donors (Lipinski definition) is 2. The van der Waals surface area contributed by atoms with Crippen molar-refractivity contribution in [2.75, 3.05) is 0 Å². The topological polar surface area (TPSA) is 49.3 Å². The van der Waals surface area contributed by atoms with E-state index in [1.165, 1.54) is 36.5 Å². The number of nitrogens with one attached hydrogen (secondary N) is 1. The third-order valence-corrected chi connectivity index (χ3v) is 4.24. The zero-order chi connectivity index (χ0) is 17.5. The Morgan fingerprint density at radius 3 is 2.52 bits per heavy atom. The summed E-state index contributed by atoms with van der Waals surface area (Å²) in [6, 6.07) is 0. The molecule has 0 saturated carbocycles. The number of hydroxylamine groups is 1. The summed E-state index contributed by atoms with van der Waals surface area (Å²) in [5, 5.41) is 8.46. The van der Waals surface area contributed by atoms with Crippen LogP contribution in [0.1, 0.15) is 53.9 Å². The minimum absolute atomic E-state index is 0.256. The quantitative estimate of drug-likeness (QED) is 0.324. The van der Waals surface area contributed by atoms with E-state index in [4.69, 9.17) is 5.21 Å². The minimum atomic E-state index is -0.519. The predicted octanol–water partition coefficient (Wildman–Crippen LogP) is 5.02. The van der Waals surface area contributed by atoms with Crippen molar-refractivity contribution in [1.82, 2.24) is 5.48 Å². The van der Waals surface area contributed by atoms with Crippen molar-refractivity contribution in [3.05, 3.63) is 58.7 Å². The molecular formula is C20H29NO2. The van der Waals surface area contributed by atoms with Crippen LogP contribution in [0.3, 0.4) is 0 Å². The lowest BCUT2D eigenvalue weighted by Gasteiger charge is -2.32. The Morgan fingerprint density at radius 2 is 1.91 bits per heavy atom. The average Bonchev–Trinajstić information content (AvgIpc) is 2.45. The highest BCUT2D eigenvalue weighted by Crippen LogP contribution is 2.40. The molecular weight excluding hydrogens is 286 g/mol. The number of hydrogen-bond acceptors (Lipinski definition) is 2. The summed E-state index contributed by atoms with van der Waals surface area (Å²) in [6.45, 7) is 10.7. The molecule has 126 valence electrons. The Bertz CT molecular complexity index is 587. The zero-order valence-electron chi connectivity index (χ0n) is 14.9. The fourth-order valence-corrected chi connectivity index (χ4v) is 2.92. The average molecular weight is 315 g/mol. The van der Waals surface area contributed by atoms with Gasteiger partial charge < -0.3 is 0 Å². The number of carbonyl (C=O) groups excluding carboxylic acids is 1. The van der Waals surface area contributed by atoms with Crippen molar-refractivity contribution in [2.24, 2.45) is 5.41 Å². The summed E-state index contributed by atoms with van der Waals surface area (Å²) < 4.78 is 0. The van der Waals surface area contributed by atoms with Crippen LogP contribution in [0.5, 0.6) is 0 Å². The first-order valence-electron chi connectivity index (χ1n) is 8.12. The van der Waals surface area contributed by atoms with E-state index in [1.807, 2.05) is 25.2 Å². The lowest BCUT2D eigenvalue weighted by atomic mass is 9.72. The molecule has 0 bridgehead atoms. The van der Waals surface area contributed by atoms with Gasteiger partial charge >= 0.3 is 0 Å². The summed E-state index contributed by atoms with van der Waals surface area (Å²) in [4.78, 5) is 11.0. The molecule has 1 rings (SSSR count). The van der Waals surface area contributed by atoms with Gasteiger partial charge in [0.2, 0.25) is 0 Å². The first-order valence-corrected chi connectivity index (χ1v) is 8.12. The molecule has 0 atom stereocenters. The Balaban J connectivity index is 2.77. The molecule has 0 saturated heterocycles. The second-order valence-corrected chi connectivity index (χ2v) is 6.90. The monoisotopic (exact) mass is 315 g/mol. The SMILES string of the molecule is CC(C=CC1=C(C)CCCC1(C)C)=CC=CC(C)=CC(=O)NO. The van der Waals surface area contributed by atoms with Gasteiger partial charge in [-0.2, -0.15) is 0 Å². The van der Waals surface area contributed by atoms with Crippen LogP contribution in [0.4, 0.5) is 0 Å². The van der Waals surface area contributed by atoms with Gasteiger partial charge in [-0.1, -0.05) is 55.4 Å². The van der Waals surface area contributed by atoms with Crippen LogP contribution in [0, 0.1) is 5.41 Å². The molecule has 0 aliphatic heterocycles. The highest BCUT2D eigenvalue weighted by atomic mass is 16.5. The molecule has 1 aliphatic rings. The van der Waals surface area contributed by atoms with E-state index in [9.17, 15) is 4.79 Å². The Hall–Kier alpha value is -1.87. The molecule has 0 aromatic carbocycles. The maximum Gasteiger partial charge on any atom is 0.267 e. The normalized spacial score (nSPS) is 19.7. The number of carbonyl (C=O) groups is 1. The van der Waals surface area contributed by atoms with Crippen LogP contribution in [0.15, 0.2) is 58.7 Å². The first kappa shape index (κ1) is 19.2. The molecule has 23 heavy (non-hydrogen) atoms. The molecule has 1 aliphatic carbocycles. The summed E-state index contributed by atoms with van der Waals surface area (Å²) in [5.74, 6) is -0.519. The Morgan fingerprint density at radius 1 is 1.22 bits per heavy atom. The lowest BCUT2D eigenvalue weighted by molar-refractivity contribution is -0.124. The lowest BCUT2D eigenvalue weighted by Crippen LogP contribution is -2.19. The van der Waals surface area contributed by atoms with Crippen molar-refractivity contribution in [3.63, 3.8) is 0 Å². The molecule has 0 aromatic heterocycles. The zero-order valence-corrected chi connectivity index (χ0v) is 14.9. The van der Waals surface area contributed by atoms with Gasteiger partial charge in [0.15, 0.2) is 0 Å². The maximum atomic E-state index is 11.0. The Labute approximate surface area is 140 Å². The molecule has 0 radical (unpaired) electrons. The van der Waals surface area contributed by atoms with E-state index < -0.39 is 5.91 Å². The van der Waals surface area contributed by atoms with E-state index in [1.54, 1.807) is 5.48 Å². The van der Waals surface area contributed by atoms with Crippen LogP contribution >= 0.6 is 0 Å². The fraction of sp³-hybridized carbons (Fsp3) is 0.450. The van der Waals surface area contributed by atoms with Crippen molar-refractivity contribution in [1.29, 1.82) is 0 Å². The molecule has 0 spiro atoms. The second-order valence-electron chi connectivity index (χ2n) is 6.90. The second kappa shape index (κ2) is 8.68. The minimum Gasteiger partial charge on any atom is -0.288 e. The molecule has 0 unspecified atom stereocenters. The van der Waals surface area contributed by atoms with Crippen molar-refractivity contribution < 1.29 is 10.0 Å². The number of allylic oxidation sites excluding steroid dienone is 9. The first-order chi connectivity index (χ1) is 10.8. The molecule has 0 aromatic rings. The number of amides is 1. The molecule has 0 heterocycles. The van der Waals surface area contributed by atoms with Crippen LogP contribution in [-0.2, 0) is 4.79 Å². The van der Waals surface area contributed by atoms with E-state index in [2.05, 4.69) is 39.8 Å². The summed E-state index contributed by atoms with van der Waals surface area (Å²) in [6.07, 6.45) is 15.2. The largest absolute Gasteiger partial charge is 0.288 e. The van der Waals surface area contributed by atoms with Crippen molar-refractivity contribution in [3.8, 4) is 0 Å². The molecule has 1 amide bonds. The van der Waals surface area contributed by atoms with Crippen LogP contribution in [0.2, 0.25) is 0 Å². The fourth-order valence-electron chi connectivity index (χ4n) is 2.92. The van der Waals surface area contributed by atoms with Gasteiger partial charge in [-0.05, 0) is 56.6 Å². The Kier molecular flexibility index (Phi) is 7.24. The van der Waals surface area contributed by atoms with E-state index in [0.29, 0.717) is 0 Å². The van der Waals surface area contributed by atoms with Gasteiger partial charge in [0.05, 0.1) is 0 Å². The van der Waals surface area contributed by atoms with Gasteiger partial charge in [-0.15, -0.1) is 0 Å².